The van der Waals surface area contributed by atoms with Crippen LogP contribution in [0.1, 0.15) is 32.1 Å². The van der Waals surface area contributed by atoms with E-state index in [0.29, 0.717) is 19.1 Å². The summed E-state index contributed by atoms with van der Waals surface area (Å²) in [5, 5.41) is 5.66. The molecule has 0 aromatic heterocycles. The lowest BCUT2D eigenvalue weighted by molar-refractivity contribution is 0.116. The minimum atomic E-state index is -0.282. The summed E-state index contributed by atoms with van der Waals surface area (Å²) in [6, 6.07) is 0. The van der Waals surface area contributed by atoms with Gasteiger partial charge >= 0.3 is 6.09 Å². The van der Waals surface area contributed by atoms with Crippen molar-refractivity contribution in [3.05, 3.63) is 0 Å². The molecule has 1 aliphatic carbocycles. The standard InChI is InChI=1S/C11H22N2O2/c1-12-7-8-13-11(14)15-9-10-5-3-2-4-6-10/h10,12H,2-9H2,1H3,(H,13,14). The minimum absolute atomic E-state index is 0.282. The fourth-order valence-corrected chi connectivity index (χ4v) is 1.89. The van der Waals surface area contributed by atoms with Crippen molar-refractivity contribution in [3.63, 3.8) is 0 Å². The maximum Gasteiger partial charge on any atom is 0.407 e. The molecular weight excluding hydrogens is 192 g/mol. The highest BCUT2D eigenvalue weighted by Crippen LogP contribution is 2.23. The third-order valence-electron chi connectivity index (χ3n) is 2.82. The molecule has 0 aliphatic heterocycles. The molecule has 0 aromatic rings. The number of alkyl carbamates (subject to hydrolysis) is 1. The van der Waals surface area contributed by atoms with Crippen LogP contribution >= 0.6 is 0 Å². The molecule has 4 nitrogen and oxygen atoms in total. The van der Waals surface area contributed by atoms with Crippen LogP contribution in [-0.2, 0) is 4.74 Å². The third kappa shape index (κ3) is 5.62. The van der Waals surface area contributed by atoms with Crippen LogP contribution in [0, 0.1) is 5.92 Å². The molecule has 0 bridgehead atoms. The van der Waals surface area contributed by atoms with Crippen LogP contribution in [0.15, 0.2) is 0 Å². The van der Waals surface area contributed by atoms with Crippen LogP contribution in [0.25, 0.3) is 0 Å². The molecule has 0 heterocycles. The Morgan fingerprint density at radius 2 is 2.00 bits per heavy atom. The van der Waals surface area contributed by atoms with Crippen molar-refractivity contribution in [3.8, 4) is 0 Å². The number of carbonyl (C=O) groups is 1. The average Bonchev–Trinajstić information content (AvgIpc) is 2.28. The molecule has 1 rings (SSSR count). The van der Waals surface area contributed by atoms with E-state index in [1.54, 1.807) is 0 Å². The van der Waals surface area contributed by atoms with E-state index in [9.17, 15) is 4.79 Å². The van der Waals surface area contributed by atoms with Gasteiger partial charge in [0, 0.05) is 13.1 Å². The maximum atomic E-state index is 11.2. The van der Waals surface area contributed by atoms with Crippen LogP contribution in [-0.4, -0.2) is 32.8 Å². The zero-order valence-corrected chi connectivity index (χ0v) is 9.55. The number of hydrogen-bond donors (Lipinski definition) is 2. The lowest BCUT2D eigenvalue weighted by Gasteiger charge is -2.21. The normalized spacial score (nSPS) is 17.4. The van der Waals surface area contributed by atoms with Gasteiger partial charge in [-0.05, 0) is 25.8 Å². The summed E-state index contributed by atoms with van der Waals surface area (Å²) in [5.41, 5.74) is 0. The second kappa shape index (κ2) is 7.51. The molecule has 0 radical (unpaired) electrons. The van der Waals surface area contributed by atoms with Crippen molar-refractivity contribution >= 4 is 6.09 Å². The van der Waals surface area contributed by atoms with Gasteiger partial charge in [-0.15, -0.1) is 0 Å². The van der Waals surface area contributed by atoms with E-state index in [4.69, 9.17) is 4.74 Å². The molecule has 15 heavy (non-hydrogen) atoms. The van der Waals surface area contributed by atoms with Gasteiger partial charge in [0.2, 0.25) is 0 Å². The first-order valence-corrected chi connectivity index (χ1v) is 5.88. The number of hydrogen-bond acceptors (Lipinski definition) is 3. The Labute approximate surface area is 91.8 Å². The zero-order valence-electron chi connectivity index (χ0n) is 9.55. The Hall–Kier alpha value is -0.770. The van der Waals surface area contributed by atoms with E-state index < -0.39 is 0 Å². The summed E-state index contributed by atoms with van der Waals surface area (Å²) in [7, 11) is 1.86. The summed E-state index contributed by atoms with van der Waals surface area (Å²) in [6.45, 7) is 1.99. The first kappa shape index (κ1) is 12.3. The number of amides is 1. The maximum absolute atomic E-state index is 11.2. The summed E-state index contributed by atoms with van der Waals surface area (Å²) in [6.07, 6.45) is 6.05. The number of nitrogens with one attached hydrogen (secondary N) is 2. The largest absolute Gasteiger partial charge is 0.449 e. The Bertz CT molecular complexity index is 179. The van der Waals surface area contributed by atoms with E-state index in [1.165, 1.54) is 32.1 Å². The predicted octanol–water partition coefficient (Wildman–Crippen LogP) is 1.51. The first-order chi connectivity index (χ1) is 7.33. The van der Waals surface area contributed by atoms with E-state index in [0.717, 1.165) is 6.54 Å². The second-order valence-corrected chi connectivity index (χ2v) is 4.13. The Kier molecular flexibility index (Phi) is 6.16. The van der Waals surface area contributed by atoms with E-state index >= 15 is 0 Å². The van der Waals surface area contributed by atoms with Gasteiger partial charge in [-0.25, -0.2) is 4.79 Å². The molecular formula is C11H22N2O2. The van der Waals surface area contributed by atoms with Crippen molar-refractivity contribution < 1.29 is 9.53 Å². The van der Waals surface area contributed by atoms with Gasteiger partial charge in [-0.2, -0.15) is 0 Å². The molecule has 0 atom stereocenters. The quantitative estimate of drug-likeness (QED) is 0.682. The fourth-order valence-electron chi connectivity index (χ4n) is 1.89. The summed E-state index contributed by atoms with van der Waals surface area (Å²) in [5.74, 6) is 0.591. The predicted molar refractivity (Wildman–Crippen MR) is 59.9 cm³/mol. The molecule has 88 valence electrons. The second-order valence-electron chi connectivity index (χ2n) is 4.13. The SMILES string of the molecule is CNCCNC(=O)OCC1CCCCC1. The van der Waals surface area contributed by atoms with E-state index in [2.05, 4.69) is 10.6 Å². The average molecular weight is 214 g/mol. The molecule has 1 aliphatic rings. The van der Waals surface area contributed by atoms with Crippen molar-refractivity contribution in [2.75, 3.05) is 26.7 Å². The smallest absolute Gasteiger partial charge is 0.407 e. The lowest BCUT2D eigenvalue weighted by Crippen LogP contribution is -2.32. The van der Waals surface area contributed by atoms with Gasteiger partial charge in [0.25, 0.3) is 0 Å². The number of carbonyl (C=O) groups excluding carboxylic acids is 1. The highest BCUT2D eigenvalue weighted by Gasteiger charge is 2.14. The molecule has 1 amide bonds. The molecule has 0 saturated heterocycles. The molecule has 0 spiro atoms. The van der Waals surface area contributed by atoms with Crippen LogP contribution in [0.4, 0.5) is 4.79 Å². The molecule has 1 fully saturated rings. The van der Waals surface area contributed by atoms with Gasteiger partial charge < -0.3 is 15.4 Å². The van der Waals surface area contributed by atoms with Crippen molar-refractivity contribution in [1.82, 2.24) is 10.6 Å². The summed E-state index contributed by atoms with van der Waals surface area (Å²) in [4.78, 5) is 11.2. The third-order valence-corrected chi connectivity index (χ3v) is 2.82. The van der Waals surface area contributed by atoms with Crippen molar-refractivity contribution in [1.29, 1.82) is 0 Å². The number of rotatable bonds is 5. The monoisotopic (exact) mass is 214 g/mol. The van der Waals surface area contributed by atoms with Crippen LogP contribution in [0.3, 0.4) is 0 Å². The molecule has 0 unspecified atom stereocenters. The molecule has 4 heteroatoms. The Morgan fingerprint density at radius 1 is 1.27 bits per heavy atom. The van der Waals surface area contributed by atoms with Crippen LogP contribution < -0.4 is 10.6 Å². The van der Waals surface area contributed by atoms with Crippen LogP contribution in [0.2, 0.25) is 0 Å². The molecule has 1 saturated carbocycles. The van der Waals surface area contributed by atoms with Gasteiger partial charge in [-0.3, -0.25) is 0 Å². The zero-order chi connectivity index (χ0) is 10.9. The van der Waals surface area contributed by atoms with E-state index in [-0.39, 0.29) is 6.09 Å². The molecule has 2 N–H and O–H groups in total. The minimum Gasteiger partial charge on any atom is -0.449 e. The topological polar surface area (TPSA) is 50.4 Å². The number of likely N-dealkylation sites (N-methyl/N-ethyl adjacent to an activating group) is 1. The summed E-state index contributed by atoms with van der Waals surface area (Å²) >= 11 is 0. The van der Waals surface area contributed by atoms with Gasteiger partial charge in [0.15, 0.2) is 0 Å². The van der Waals surface area contributed by atoms with E-state index in [1.807, 2.05) is 7.05 Å². The Morgan fingerprint density at radius 3 is 2.67 bits per heavy atom. The first-order valence-electron chi connectivity index (χ1n) is 5.88. The molecule has 0 aromatic carbocycles. The fraction of sp³-hybridized carbons (Fsp3) is 0.909. The highest BCUT2D eigenvalue weighted by molar-refractivity contribution is 5.67. The van der Waals surface area contributed by atoms with Gasteiger partial charge in [0.05, 0.1) is 6.61 Å². The van der Waals surface area contributed by atoms with Gasteiger partial charge in [-0.1, -0.05) is 19.3 Å². The van der Waals surface area contributed by atoms with Crippen molar-refractivity contribution in [2.24, 2.45) is 5.92 Å². The number of ether oxygens (including phenoxy) is 1. The Balaban J connectivity index is 2.00. The van der Waals surface area contributed by atoms with Gasteiger partial charge in [0.1, 0.15) is 0 Å². The lowest BCUT2D eigenvalue weighted by atomic mass is 9.90. The van der Waals surface area contributed by atoms with Crippen LogP contribution in [0.5, 0.6) is 0 Å². The summed E-state index contributed by atoms with van der Waals surface area (Å²) < 4.78 is 5.15. The highest BCUT2D eigenvalue weighted by atomic mass is 16.5. The van der Waals surface area contributed by atoms with Crippen molar-refractivity contribution in [2.45, 2.75) is 32.1 Å².